The Hall–Kier alpha value is -3.94. The van der Waals surface area contributed by atoms with Crippen LogP contribution in [0.2, 0.25) is 0 Å². The van der Waals surface area contributed by atoms with Crippen molar-refractivity contribution in [2.45, 2.75) is 46.0 Å². The third-order valence-corrected chi connectivity index (χ3v) is 8.58. The maximum Gasteiger partial charge on any atom is 0.426 e. The van der Waals surface area contributed by atoms with Crippen LogP contribution in [0.4, 0.5) is 9.18 Å². The highest BCUT2D eigenvalue weighted by Crippen LogP contribution is 2.44. The number of allylic oxidation sites excluding steroid dienone is 1. The van der Waals surface area contributed by atoms with Crippen molar-refractivity contribution in [2.75, 3.05) is 32.8 Å². The van der Waals surface area contributed by atoms with Crippen LogP contribution in [-0.2, 0) is 4.74 Å². The molecule has 1 atom stereocenters. The first kappa shape index (κ1) is 26.3. The molecule has 40 heavy (non-hydrogen) atoms. The predicted octanol–water partition coefficient (Wildman–Crippen LogP) is 6.81. The van der Waals surface area contributed by atoms with Crippen LogP contribution in [0.15, 0.2) is 82.6 Å². The number of hydrogen-bond acceptors (Lipinski definition) is 5. The Balaban J connectivity index is 1.28. The Morgan fingerprint density at radius 1 is 1.15 bits per heavy atom. The fourth-order valence-corrected chi connectivity index (χ4v) is 6.38. The molecule has 3 heterocycles. The van der Waals surface area contributed by atoms with Gasteiger partial charge in [-0.3, -0.25) is 5.01 Å². The van der Waals surface area contributed by atoms with E-state index in [9.17, 15) is 14.3 Å². The van der Waals surface area contributed by atoms with Gasteiger partial charge in [0.2, 0.25) is 0 Å². The van der Waals surface area contributed by atoms with Crippen molar-refractivity contribution in [2.24, 2.45) is 5.92 Å². The van der Waals surface area contributed by atoms with Crippen LogP contribution in [0.1, 0.15) is 46.0 Å². The molecule has 0 aromatic heterocycles. The SMILES string of the molecule is C/C1=C/OC=C2C(=C3CCCC4=C3N(CC4)CC1C)CN(C(=O)O)N2CCCOc1cccc2cc(F)ccc12. The second-order valence-corrected chi connectivity index (χ2v) is 11.1. The molecule has 0 spiro atoms. The summed E-state index contributed by atoms with van der Waals surface area (Å²) in [7, 11) is 0. The summed E-state index contributed by atoms with van der Waals surface area (Å²) >= 11 is 0. The molecular weight excluding hydrogens is 509 g/mol. The molecule has 1 aliphatic carbocycles. The lowest BCUT2D eigenvalue weighted by molar-refractivity contribution is 0.0443. The van der Waals surface area contributed by atoms with Gasteiger partial charge < -0.3 is 19.5 Å². The zero-order chi connectivity index (χ0) is 27.8. The number of hydrogen-bond donors (Lipinski definition) is 1. The van der Waals surface area contributed by atoms with Crippen molar-refractivity contribution >= 4 is 16.9 Å². The summed E-state index contributed by atoms with van der Waals surface area (Å²) in [5.74, 6) is 0.757. The van der Waals surface area contributed by atoms with Gasteiger partial charge >= 0.3 is 6.09 Å². The number of carbonyl (C=O) groups is 1. The minimum atomic E-state index is -0.987. The van der Waals surface area contributed by atoms with Crippen molar-refractivity contribution < 1.29 is 23.8 Å². The van der Waals surface area contributed by atoms with Gasteiger partial charge in [-0.1, -0.05) is 19.1 Å². The van der Waals surface area contributed by atoms with Crippen LogP contribution < -0.4 is 4.74 Å². The van der Waals surface area contributed by atoms with Crippen LogP contribution in [0.25, 0.3) is 10.8 Å². The predicted molar refractivity (Wildman–Crippen MR) is 152 cm³/mol. The summed E-state index contributed by atoms with van der Waals surface area (Å²) in [5.41, 5.74) is 7.13. The van der Waals surface area contributed by atoms with E-state index in [0.717, 1.165) is 66.4 Å². The molecule has 7 nitrogen and oxygen atoms in total. The van der Waals surface area contributed by atoms with Crippen molar-refractivity contribution in [1.29, 1.82) is 0 Å². The molecule has 0 bridgehead atoms. The van der Waals surface area contributed by atoms with E-state index in [-0.39, 0.29) is 5.82 Å². The van der Waals surface area contributed by atoms with Gasteiger partial charge in [0.15, 0.2) is 0 Å². The minimum Gasteiger partial charge on any atom is -0.493 e. The van der Waals surface area contributed by atoms with Gasteiger partial charge in [0, 0.05) is 42.7 Å². The molecule has 1 fully saturated rings. The molecule has 8 heteroatoms. The number of hydrazine groups is 1. The maximum absolute atomic E-state index is 13.7. The van der Waals surface area contributed by atoms with Gasteiger partial charge in [0.05, 0.1) is 25.1 Å². The first-order valence-corrected chi connectivity index (χ1v) is 14.2. The van der Waals surface area contributed by atoms with Crippen LogP contribution >= 0.6 is 0 Å². The fraction of sp³-hybridized carbons (Fsp3) is 0.406. The first-order chi connectivity index (χ1) is 19.4. The van der Waals surface area contributed by atoms with E-state index in [1.54, 1.807) is 18.6 Å². The van der Waals surface area contributed by atoms with Gasteiger partial charge in [0.1, 0.15) is 17.8 Å². The maximum atomic E-state index is 13.7. The number of fused-ring (bicyclic) bond motifs is 2. The third kappa shape index (κ3) is 4.91. The Labute approximate surface area is 234 Å². The molecule has 6 rings (SSSR count). The standard InChI is InChI=1S/C32H36FN3O4/c1-21-17-34-14-12-23-6-3-8-27(31(23)34)28-18-36(32(37)38)35(29(28)20-39-19-22(21)2)13-5-15-40-30-9-4-7-24-16-25(33)10-11-26(24)30/h4,7,9-11,16,19-21H,3,5-6,8,12-15,17-18H2,1-2H3,(H,37,38)/b22-19-,28-27?,29-20?. The van der Waals surface area contributed by atoms with E-state index in [1.807, 2.05) is 23.2 Å². The summed E-state index contributed by atoms with van der Waals surface area (Å²) in [6.07, 6.45) is 7.35. The average molecular weight is 546 g/mol. The lowest BCUT2D eigenvalue weighted by Gasteiger charge is -2.30. The molecule has 1 amide bonds. The highest BCUT2D eigenvalue weighted by atomic mass is 19.1. The van der Waals surface area contributed by atoms with E-state index in [0.29, 0.717) is 37.8 Å². The van der Waals surface area contributed by atoms with Crippen LogP contribution in [0.5, 0.6) is 5.75 Å². The summed E-state index contributed by atoms with van der Waals surface area (Å²) in [4.78, 5) is 15.0. The number of rotatable bonds is 5. The lowest BCUT2D eigenvalue weighted by Crippen LogP contribution is -2.40. The largest absolute Gasteiger partial charge is 0.493 e. The Morgan fingerprint density at radius 3 is 2.88 bits per heavy atom. The summed E-state index contributed by atoms with van der Waals surface area (Å²) in [5, 5.41) is 15.0. The molecule has 0 saturated carbocycles. The molecule has 2 aromatic carbocycles. The van der Waals surface area contributed by atoms with Crippen LogP contribution in [-0.4, -0.2) is 58.9 Å². The Morgan fingerprint density at radius 2 is 2.02 bits per heavy atom. The first-order valence-electron chi connectivity index (χ1n) is 14.2. The number of amides is 1. The van der Waals surface area contributed by atoms with Crippen LogP contribution in [0, 0.1) is 11.7 Å². The number of ether oxygens (including phenoxy) is 2. The third-order valence-electron chi connectivity index (χ3n) is 8.58. The van der Waals surface area contributed by atoms with Gasteiger partial charge in [-0.05, 0) is 84.9 Å². The zero-order valence-corrected chi connectivity index (χ0v) is 23.2. The zero-order valence-electron chi connectivity index (χ0n) is 23.2. The number of benzene rings is 2. The van der Waals surface area contributed by atoms with E-state index >= 15 is 0 Å². The molecule has 1 saturated heterocycles. The van der Waals surface area contributed by atoms with Gasteiger partial charge in [-0.25, -0.2) is 14.2 Å². The molecule has 2 aromatic rings. The van der Waals surface area contributed by atoms with E-state index in [4.69, 9.17) is 9.47 Å². The smallest absolute Gasteiger partial charge is 0.426 e. The molecule has 1 N–H and O–H groups in total. The number of halogens is 1. The van der Waals surface area contributed by atoms with E-state index < -0.39 is 6.09 Å². The highest BCUT2D eigenvalue weighted by Gasteiger charge is 2.39. The second kappa shape index (κ2) is 10.9. The Kier molecular flexibility index (Phi) is 7.17. The molecule has 4 aliphatic rings. The summed E-state index contributed by atoms with van der Waals surface area (Å²) in [6.45, 7) is 7.42. The molecule has 210 valence electrons. The highest BCUT2D eigenvalue weighted by molar-refractivity contribution is 5.88. The van der Waals surface area contributed by atoms with Crippen molar-refractivity contribution in [3.63, 3.8) is 0 Å². The Bertz CT molecular complexity index is 1460. The quantitative estimate of drug-likeness (QED) is 0.417. The second-order valence-electron chi connectivity index (χ2n) is 11.1. The molecule has 1 unspecified atom stereocenters. The van der Waals surface area contributed by atoms with Crippen molar-refractivity contribution in [3.05, 3.63) is 88.4 Å². The topological polar surface area (TPSA) is 65.5 Å². The average Bonchev–Trinajstić information content (AvgIpc) is 3.51. The van der Waals surface area contributed by atoms with Gasteiger partial charge in [-0.2, -0.15) is 0 Å². The van der Waals surface area contributed by atoms with Gasteiger partial charge in [-0.15, -0.1) is 0 Å². The lowest BCUT2D eigenvalue weighted by atomic mass is 9.88. The van der Waals surface area contributed by atoms with E-state index in [1.165, 1.54) is 34.0 Å². The summed E-state index contributed by atoms with van der Waals surface area (Å²) < 4.78 is 25.8. The summed E-state index contributed by atoms with van der Waals surface area (Å²) in [6, 6.07) is 10.2. The normalized spacial score (nSPS) is 22.4. The minimum absolute atomic E-state index is 0.282. The van der Waals surface area contributed by atoms with Crippen molar-refractivity contribution in [3.8, 4) is 5.75 Å². The van der Waals surface area contributed by atoms with Crippen molar-refractivity contribution in [1.82, 2.24) is 14.9 Å². The monoisotopic (exact) mass is 545 g/mol. The fourth-order valence-electron chi connectivity index (χ4n) is 6.38. The number of nitrogens with zero attached hydrogens (tertiary/aromatic N) is 3. The number of carboxylic acid groups (broad SMARTS) is 1. The molecule has 3 aliphatic heterocycles. The van der Waals surface area contributed by atoms with E-state index in [2.05, 4.69) is 18.7 Å². The van der Waals surface area contributed by atoms with Gasteiger partial charge in [0.25, 0.3) is 0 Å². The van der Waals surface area contributed by atoms with Crippen LogP contribution in [0.3, 0.4) is 0 Å². The molecular formula is C32H36FN3O4. The molecule has 0 radical (unpaired) electrons.